The zero-order valence-electron chi connectivity index (χ0n) is 21.1. The molecule has 1 heterocycles. The monoisotopic (exact) mass is 523 g/mol. The van der Waals surface area contributed by atoms with Crippen LogP contribution < -0.4 is 16.0 Å². The van der Waals surface area contributed by atoms with Crippen molar-refractivity contribution < 1.29 is 27.1 Å². The molecule has 3 atom stereocenters. The molecular weight excluding hydrogens is 488 g/mol. The van der Waals surface area contributed by atoms with Crippen LogP contribution in [0.2, 0.25) is 0 Å². The van der Waals surface area contributed by atoms with Gasteiger partial charge in [-0.3, -0.25) is 4.79 Å². The fourth-order valence-electron chi connectivity index (χ4n) is 4.26. The highest BCUT2D eigenvalue weighted by molar-refractivity contribution is 7.90. The van der Waals surface area contributed by atoms with Gasteiger partial charge < -0.3 is 21.1 Å². The summed E-state index contributed by atoms with van der Waals surface area (Å²) in [6, 6.07) is 7.38. The molecule has 0 spiro atoms. The van der Waals surface area contributed by atoms with E-state index in [0.29, 0.717) is 0 Å². The minimum Gasteiger partial charge on any atom is -0.390 e. The lowest BCUT2D eigenvalue weighted by atomic mass is 9.96. The van der Waals surface area contributed by atoms with Crippen molar-refractivity contribution in [3.63, 3.8) is 0 Å². The van der Waals surface area contributed by atoms with Gasteiger partial charge in [0.1, 0.15) is 11.6 Å². The van der Waals surface area contributed by atoms with E-state index in [1.165, 1.54) is 0 Å². The van der Waals surface area contributed by atoms with E-state index in [2.05, 4.69) is 16.0 Å². The van der Waals surface area contributed by atoms with Gasteiger partial charge in [-0.05, 0) is 68.1 Å². The van der Waals surface area contributed by atoms with Gasteiger partial charge in [-0.25, -0.2) is 17.2 Å². The summed E-state index contributed by atoms with van der Waals surface area (Å²) in [4.78, 5) is 12.8. The Balaban J connectivity index is 1.82. The predicted octanol–water partition coefficient (Wildman–Crippen LogP) is 2.17. The van der Waals surface area contributed by atoms with Crippen molar-refractivity contribution in [2.45, 2.75) is 63.1 Å². The lowest BCUT2D eigenvalue weighted by Crippen LogP contribution is -2.57. The zero-order chi connectivity index (χ0) is 26.7. The number of aryl methyl sites for hydroxylation is 1. The third-order valence-electron chi connectivity index (χ3n) is 6.71. The maximum atomic E-state index is 13.8. The Kier molecular flexibility index (Phi) is 8.87. The predicted molar refractivity (Wildman–Crippen MR) is 135 cm³/mol. The Labute approximate surface area is 211 Å². The second-order valence-electron chi connectivity index (χ2n) is 9.91. The average molecular weight is 524 g/mol. The van der Waals surface area contributed by atoms with Crippen LogP contribution in [0.4, 0.5) is 8.78 Å². The lowest BCUT2D eigenvalue weighted by molar-refractivity contribution is -0.127. The Morgan fingerprint density at radius 2 is 1.81 bits per heavy atom. The highest BCUT2D eigenvalue weighted by Crippen LogP contribution is 2.29. The van der Waals surface area contributed by atoms with Crippen molar-refractivity contribution in [2.24, 2.45) is 0 Å². The van der Waals surface area contributed by atoms with Crippen molar-refractivity contribution in [3.8, 4) is 0 Å². The molecule has 3 unspecified atom stereocenters. The molecule has 1 amide bonds. The summed E-state index contributed by atoms with van der Waals surface area (Å²) in [6.45, 7) is 5.31. The molecular formula is C26H35F2N3O4S. The number of carbonyl (C=O) groups excluding carboxylic acids is 1. The van der Waals surface area contributed by atoms with E-state index in [0.717, 1.165) is 41.3 Å². The van der Waals surface area contributed by atoms with Crippen LogP contribution in [0.25, 0.3) is 0 Å². The summed E-state index contributed by atoms with van der Waals surface area (Å²) in [6.07, 6.45) is -0.396. The summed E-state index contributed by atoms with van der Waals surface area (Å²) in [5, 5.41) is 19.9. The Bertz CT molecular complexity index is 1180. The molecule has 0 aromatic heterocycles. The maximum absolute atomic E-state index is 13.8. The fourth-order valence-corrected chi connectivity index (χ4v) is 5.92. The second-order valence-corrected chi connectivity index (χ2v) is 12.0. The topological polar surface area (TPSA) is 108 Å². The first-order valence-electron chi connectivity index (χ1n) is 12.0. The molecule has 10 heteroatoms. The zero-order valence-corrected chi connectivity index (χ0v) is 21.9. The molecule has 4 N–H and O–H groups in total. The first kappa shape index (κ1) is 28.2. The number of aliphatic hydroxyl groups excluding tert-OH is 1. The molecule has 0 fully saturated rings. The number of hydrogen-bond donors (Lipinski definition) is 4. The van der Waals surface area contributed by atoms with E-state index >= 15 is 0 Å². The number of halogens is 2. The number of likely N-dealkylation sites (N-methyl/N-ethyl adjacent to an activating group) is 1. The summed E-state index contributed by atoms with van der Waals surface area (Å²) in [7, 11) is -1.71. The van der Waals surface area contributed by atoms with E-state index in [-0.39, 0.29) is 30.0 Å². The number of fused-ring (bicyclic) bond motifs is 1. The number of carbonyl (C=O) groups is 1. The van der Waals surface area contributed by atoms with Gasteiger partial charge in [0.05, 0.1) is 29.2 Å². The van der Waals surface area contributed by atoms with Gasteiger partial charge >= 0.3 is 0 Å². The van der Waals surface area contributed by atoms with Crippen LogP contribution in [-0.2, 0) is 33.2 Å². The number of aliphatic hydroxyl groups is 1. The van der Waals surface area contributed by atoms with E-state index in [4.69, 9.17) is 0 Å². The van der Waals surface area contributed by atoms with E-state index in [9.17, 15) is 27.1 Å². The van der Waals surface area contributed by atoms with Crippen molar-refractivity contribution >= 4 is 15.7 Å². The van der Waals surface area contributed by atoms with E-state index < -0.39 is 51.1 Å². The van der Waals surface area contributed by atoms with E-state index in [1.807, 2.05) is 25.1 Å². The minimum atomic E-state index is -3.34. The van der Waals surface area contributed by atoms with Gasteiger partial charge in [0.25, 0.3) is 0 Å². The van der Waals surface area contributed by atoms with Gasteiger partial charge in [-0.2, -0.15) is 0 Å². The van der Waals surface area contributed by atoms with Crippen LogP contribution in [0.3, 0.4) is 0 Å². The standard InChI is InChI=1S/C26H35F2N3O4S/c1-5-16-6-7-18-14-36(34,35)15-23(21(18)10-16)30-13-24(32)22(31-25(33)26(2,3)29-4)11-17-8-19(27)12-20(28)9-17/h6-10,12,22-24,29-30,32H,5,11,13-15H2,1-4H3,(H,31,33). The van der Waals surface area contributed by atoms with Crippen molar-refractivity contribution in [2.75, 3.05) is 19.3 Å². The summed E-state index contributed by atoms with van der Waals surface area (Å²) >= 11 is 0. The summed E-state index contributed by atoms with van der Waals surface area (Å²) in [5.74, 6) is -2.05. The highest BCUT2D eigenvalue weighted by atomic mass is 32.2. The number of benzene rings is 2. The van der Waals surface area contributed by atoms with Gasteiger partial charge in [-0.15, -0.1) is 0 Å². The van der Waals surface area contributed by atoms with Crippen LogP contribution in [0, 0.1) is 11.6 Å². The largest absolute Gasteiger partial charge is 0.390 e. The molecule has 0 saturated carbocycles. The highest BCUT2D eigenvalue weighted by Gasteiger charge is 2.33. The summed E-state index contributed by atoms with van der Waals surface area (Å²) in [5.41, 5.74) is 2.00. The number of hydrogen-bond acceptors (Lipinski definition) is 6. The molecule has 0 saturated heterocycles. The molecule has 2 aromatic carbocycles. The van der Waals surface area contributed by atoms with Crippen molar-refractivity contribution in [1.29, 1.82) is 0 Å². The maximum Gasteiger partial charge on any atom is 0.240 e. The van der Waals surface area contributed by atoms with Crippen LogP contribution in [0.1, 0.15) is 49.1 Å². The van der Waals surface area contributed by atoms with Crippen LogP contribution in [-0.4, -0.2) is 56.5 Å². The first-order valence-corrected chi connectivity index (χ1v) is 13.8. The van der Waals surface area contributed by atoms with E-state index in [1.54, 1.807) is 20.9 Å². The molecule has 0 bridgehead atoms. The second kappa shape index (κ2) is 11.3. The van der Waals surface area contributed by atoms with Crippen LogP contribution in [0.5, 0.6) is 0 Å². The molecule has 2 aromatic rings. The third kappa shape index (κ3) is 7.09. The number of rotatable bonds is 10. The van der Waals surface area contributed by atoms with Crippen molar-refractivity contribution in [1.82, 2.24) is 16.0 Å². The first-order chi connectivity index (χ1) is 16.8. The van der Waals surface area contributed by atoms with Gasteiger partial charge in [0, 0.05) is 18.7 Å². The Morgan fingerprint density at radius 3 is 2.42 bits per heavy atom. The Hall–Kier alpha value is -2.40. The average Bonchev–Trinajstić information content (AvgIpc) is 2.80. The smallest absolute Gasteiger partial charge is 0.240 e. The van der Waals surface area contributed by atoms with Crippen LogP contribution in [0.15, 0.2) is 36.4 Å². The quantitative estimate of drug-likeness (QED) is 0.380. The number of nitrogens with one attached hydrogen (secondary N) is 3. The van der Waals surface area contributed by atoms with Gasteiger partial charge in [0.2, 0.25) is 5.91 Å². The summed E-state index contributed by atoms with van der Waals surface area (Å²) < 4.78 is 52.6. The molecule has 36 heavy (non-hydrogen) atoms. The van der Waals surface area contributed by atoms with Crippen LogP contribution >= 0.6 is 0 Å². The van der Waals surface area contributed by atoms with Gasteiger partial charge in [0.15, 0.2) is 9.84 Å². The molecule has 7 nitrogen and oxygen atoms in total. The molecule has 3 rings (SSSR count). The SMILES string of the molecule is CCc1ccc2c(c1)C(NCC(O)C(Cc1cc(F)cc(F)c1)NC(=O)C(C)(C)NC)CS(=O)(=O)C2. The molecule has 1 aliphatic rings. The fraction of sp³-hybridized carbons (Fsp3) is 0.500. The number of sulfone groups is 1. The normalized spacial score (nSPS) is 18.8. The molecule has 1 aliphatic heterocycles. The minimum absolute atomic E-state index is 0.0252. The Morgan fingerprint density at radius 1 is 1.14 bits per heavy atom. The molecule has 0 aliphatic carbocycles. The molecule has 198 valence electrons. The van der Waals surface area contributed by atoms with Gasteiger partial charge in [-0.1, -0.05) is 25.1 Å². The number of amides is 1. The lowest BCUT2D eigenvalue weighted by Gasteiger charge is -2.32. The van der Waals surface area contributed by atoms with Crippen molar-refractivity contribution in [3.05, 3.63) is 70.3 Å². The third-order valence-corrected chi connectivity index (χ3v) is 8.31. The molecule has 0 radical (unpaired) electrons.